The molecule has 0 amide bonds. The minimum absolute atomic E-state index is 0.153. The first kappa shape index (κ1) is 9.45. The van der Waals surface area contributed by atoms with Gasteiger partial charge < -0.3 is 0 Å². The van der Waals surface area contributed by atoms with Gasteiger partial charge in [0.1, 0.15) is 0 Å². The average molecular weight is 188 g/mol. The number of fused-ring (bicyclic) bond motifs is 3. The molecule has 0 unspecified atom stereocenters. The molecule has 0 aromatic carbocycles. The number of hydrogen-bond donors (Lipinski definition) is 0. The van der Waals surface area contributed by atoms with E-state index in [1.165, 1.54) is 0 Å². The normalized spacial score (nSPS) is 39.7. The standard InChI is InChI=1S/C12H16N2/c1-3-13-11-5-8-12(9-6-11,10-7-11)14-4-2/h1-2,5-10H2. The van der Waals surface area contributed by atoms with Gasteiger partial charge in [0.2, 0.25) is 0 Å². The summed E-state index contributed by atoms with van der Waals surface area (Å²) in [7, 11) is 0. The van der Waals surface area contributed by atoms with Crippen LogP contribution in [-0.2, 0) is 0 Å². The van der Waals surface area contributed by atoms with Crippen molar-refractivity contribution < 1.29 is 0 Å². The van der Waals surface area contributed by atoms with Crippen LogP contribution >= 0.6 is 0 Å². The lowest BCUT2D eigenvalue weighted by Crippen LogP contribution is -2.47. The molecule has 0 aliphatic heterocycles. The predicted molar refractivity (Wildman–Crippen MR) is 59.3 cm³/mol. The molecule has 3 aliphatic carbocycles. The maximum absolute atomic E-state index is 4.42. The van der Waals surface area contributed by atoms with Gasteiger partial charge in [-0.2, -0.15) is 0 Å². The maximum Gasteiger partial charge on any atom is 0.0704 e. The van der Waals surface area contributed by atoms with Crippen molar-refractivity contribution in [2.45, 2.75) is 49.6 Å². The van der Waals surface area contributed by atoms with Gasteiger partial charge in [-0.25, -0.2) is 9.98 Å². The minimum Gasteiger partial charge on any atom is -0.237 e. The summed E-state index contributed by atoms with van der Waals surface area (Å²) in [5, 5.41) is 0. The van der Waals surface area contributed by atoms with Crippen LogP contribution in [0.1, 0.15) is 38.5 Å². The molecule has 0 saturated heterocycles. The molecule has 3 fully saturated rings. The molecule has 14 heavy (non-hydrogen) atoms. The van der Waals surface area contributed by atoms with Gasteiger partial charge in [0.05, 0.1) is 11.1 Å². The van der Waals surface area contributed by atoms with Crippen LogP contribution in [0.4, 0.5) is 0 Å². The molecule has 0 N–H and O–H groups in total. The monoisotopic (exact) mass is 188 g/mol. The summed E-state index contributed by atoms with van der Waals surface area (Å²) in [6, 6.07) is 0. The molecule has 3 rings (SSSR count). The van der Waals surface area contributed by atoms with Gasteiger partial charge in [-0.05, 0) is 63.4 Å². The van der Waals surface area contributed by atoms with Crippen LogP contribution < -0.4 is 0 Å². The fraction of sp³-hybridized carbons (Fsp3) is 0.667. The highest BCUT2D eigenvalue weighted by Crippen LogP contribution is 2.50. The Morgan fingerprint density at radius 3 is 1.21 bits per heavy atom. The third-order valence-corrected chi connectivity index (χ3v) is 3.80. The number of nitrogens with zero attached hydrogens (tertiary/aromatic N) is 2. The predicted octanol–water partition coefficient (Wildman–Crippen LogP) is 2.54. The van der Waals surface area contributed by atoms with Crippen molar-refractivity contribution >= 4 is 11.7 Å². The van der Waals surface area contributed by atoms with E-state index in [0.29, 0.717) is 0 Å². The van der Waals surface area contributed by atoms with Gasteiger partial charge in [0.25, 0.3) is 0 Å². The molecular formula is C12H16N2. The summed E-state index contributed by atoms with van der Waals surface area (Å²) in [6.07, 6.45) is 6.75. The zero-order valence-corrected chi connectivity index (χ0v) is 8.55. The highest BCUT2D eigenvalue weighted by molar-refractivity contribution is 5.49. The summed E-state index contributed by atoms with van der Waals surface area (Å²) in [5.41, 5.74) is 0.306. The minimum atomic E-state index is 0.153. The van der Waals surface area contributed by atoms with Crippen molar-refractivity contribution in [1.29, 1.82) is 0 Å². The summed E-state index contributed by atoms with van der Waals surface area (Å²) in [6.45, 7) is 7.16. The van der Waals surface area contributed by atoms with Crippen LogP contribution in [0.15, 0.2) is 23.1 Å². The highest BCUT2D eigenvalue weighted by atomic mass is 14.9. The third kappa shape index (κ3) is 1.37. The topological polar surface area (TPSA) is 24.7 Å². The van der Waals surface area contributed by atoms with Gasteiger partial charge in [0.15, 0.2) is 0 Å². The van der Waals surface area contributed by atoms with E-state index in [2.05, 4.69) is 34.9 Å². The molecule has 0 radical (unpaired) electrons. The van der Waals surface area contributed by atoms with E-state index in [0.717, 1.165) is 38.5 Å². The van der Waals surface area contributed by atoms with Crippen LogP contribution in [0.5, 0.6) is 0 Å². The first-order chi connectivity index (χ1) is 6.74. The first-order valence-corrected chi connectivity index (χ1v) is 5.22. The van der Waals surface area contributed by atoms with E-state index >= 15 is 0 Å². The van der Waals surface area contributed by atoms with E-state index in [-0.39, 0.29) is 11.1 Å². The Kier molecular flexibility index (Phi) is 2.19. The largest absolute Gasteiger partial charge is 0.237 e. The third-order valence-electron chi connectivity index (χ3n) is 3.80. The van der Waals surface area contributed by atoms with E-state index in [4.69, 9.17) is 0 Å². The van der Waals surface area contributed by atoms with Gasteiger partial charge in [-0.15, -0.1) is 0 Å². The number of hydrogen-bond acceptors (Lipinski definition) is 2. The highest BCUT2D eigenvalue weighted by Gasteiger charge is 2.48. The molecule has 0 spiro atoms. The van der Waals surface area contributed by atoms with Gasteiger partial charge >= 0.3 is 0 Å². The molecule has 2 nitrogen and oxygen atoms in total. The molecule has 2 bridgehead atoms. The first-order valence-electron chi connectivity index (χ1n) is 5.22. The SMILES string of the molecule is C=C=NC12CCC(N=C=C)(CC1)CC2. The van der Waals surface area contributed by atoms with Crippen LogP contribution in [0.2, 0.25) is 0 Å². The van der Waals surface area contributed by atoms with Crippen LogP contribution in [0, 0.1) is 0 Å². The quantitative estimate of drug-likeness (QED) is 0.595. The Morgan fingerprint density at radius 2 is 1.00 bits per heavy atom. The molecule has 0 aromatic rings. The van der Waals surface area contributed by atoms with Crippen molar-refractivity contribution in [2.75, 3.05) is 0 Å². The van der Waals surface area contributed by atoms with E-state index < -0.39 is 0 Å². The lowest BCUT2D eigenvalue weighted by Gasteiger charge is -2.48. The second kappa shape index (κ2) is 3.24. The van der Waals surface area contributed by atoms with E-state index in [9.17, 15) is 0 Å². The molecule has 0 heterocycles. The Balaban J connectivity index is 2.20. The van der Waals surface area contributed by atoms with Crippen molar-refractivity contribution in [1.82, 2.24) is 0 Å². The second-order valence-corrected chi connectivity index (χ2v) is 4.49. The van der Waals surface area contributed by atoms with Crippen LogP contribution in [0.25, 0.3) is 0 Å². The smallest absolute Gasteiger partial charge is 0.0704 e. The number of rotatable bonds is 2. The van der Waals surface area contributed by atoms with Gasteiger partial charge in [0, 0.05) is 0 Å². The zero-order valence-electron chi connectivity index (χ0n) is 8.55. The summed E-state index contributed by atoms with van der Waals surface area (Å²) >= 11 is 0. The molecule has 0 aromatic heterocycles. The maximum atomic E-state index is 4.42. The summed E-state index contributed by atoms with van der Waals surface area (Å²) in [4.78, 5) is 8.85. The molecule has 2 heteroatoms. The van der Waals surface area contributed by atoms with Gasteiger partial charge in [-0.3, -0.25) is 0 Å². The van der Waals surface area contributed by atoms with Crippen molar-refractivity contribution in [3.63, 3.8) is 0 Å². The lowest BCUT2D eigenvalue weighted by atomic mass is 9.62. The van der Waals surface area contributed by atoms with Crippen molar-refractivity contribution in [3.05, 3.63) is 13.2 Å². The summed E-state index contributed by atoms with van der Waals surface area (Å²) in [5.74, 6) is 5.43. The van der Waals surface area contributed by atoms with E-state index in [1.807, 2.05) is 0 Å². The zero-order chi connectivity index (χ0) is 10.1. The van der Waals surface area contributed by atoms with E-state index in [1.54, 1.807) is 0 Å². The Hall–Kier alpha value is -1.10. The van der Waals surface area contributed by atoms with Crippen LogP contribution in [0.3, 0.4) is 0 Å². The lowest BCUT2D eigenvalue weighted by molar-refractivity contribution is 0.117. The summed E-state index contributed by atoms with van der Waals surface area (Å²) < 4.78 is 0. The van der Waals surface area contributed by atoms with Crippen LogP contribution in [-0.4, -0.2) is 22.8 Å². The second-order valence-electron chi connectivity index (χ2n) is 4.49. The molecule has 0 atom stereocenters. The molecule has 3 aliphatic rings. The fourth-order valence-corrected chi connectivity index (χ4v) is 2.82. The Morgan fingerprint density at radius 1 is 0.714 bits per heavy atom. The fourth-order valence-electron chi connectivity index (χ4n) is 2.82. The van der Waals surface area contributed by atoms with Crippen molar-refractivity contribution in [2.24, 2.45) is 9.98 Å². The Labute approximate surface area is 85.2 Å². The molecule has 74 valence electrons. The molecule has 3 saturated carbocycles. The average Bonchev–Trinajstić information content (AvgIpc) is 2.22. The van der Waals surface area contributed by atoms with Gasteiger partial charge in [-0.1, -0.05) is 0 Å². The molecular weight excluding hydrogens is 172 g/mol. The Bertz CT molecular complexity index is 272. The van der Waals surface area contributed by atoms with Crippen molar-refractivity contribution in [3.8, 4) is 0 Å². The number of aliphatic imine (C=N–C) groups is 2.